The van der Waals surface area contributed by atoms with Crippen molar-refractivity contribution in [2.75, 3.05) is 5.32 Å². The van der Waals surface area contributed by atoms with Gasteiger partial charge in [-0.15, -0.1) is 0 Å². The number of anilines is 1. The van der Waals surface area contributed by atoms with E-state index in [4.69, 9.17) is 0 Å². The fraction of sp³-hybridized carbons (Fsp3) is 0.455. The Morgan fingerprint density at radius 1 is 1.25 bits per heavy atom. The van der Waals surface area contributed by atoms with Crippen LogP contribution in [-0.4, -0.2) is 25.1 Å². The Labute approximate surface area is 95.1 Å². The Morgan fingerprint density at radius 3 is 2.81 bits per heavy atom. The van der Waals surface area contributed by atoms with Crippen LogP contribution in [0.5, 0.6) is 0 Å². The molecule has 86 valence electrons. The van der Waals surface area contributed by atoms with Crippen LogP contribution < -0.4 is 5.32 Å². The number of nitrogens with one attached hydrogen (secondary N) is 1. The number of aryl methyl sites for hydroxylation is 2. The SMILES string of the molecule is CC(C)Nc1nccn1CCn1ccnc1. The summed E-state index contributed by atoms with van der Waals surface area (Å²) in [7, 11) is 0. The van der Waals surface area contributed by atoms with Crippen LogP contribution >= 0.6 is 0 Å². The molecule has 2 rings (SSSR count). The molecule has 0 fully saturated rings. The van der Waals surface area contributed by atoms with Crippen LogP contribution in [0.3, 0.4) is 0 Å². The summed E-state index contributed by atoms with van der Waals surface area (Å²) in [5.74, 6) is 0.926. The molecule has 0 radical (unpaired) electrons. The van der Waals surface area contributed by atoms with E-state index in [0.717, 1.165) is 19.0 Å². The van der Waals surface area contributed by atoms with Gasteiger partial charge in [0, 0.05) is 43.9 Å². The van der Waals surface area contributed by atoms with Crippen LogP contribution in [0, 0.1) is 0 Å². The highest BCUT2D eigenvalue weighted by Gasteiger charge is 2.03. The second-order valence-corrected chi connectivity index (χ2v) is 4.04. The van der Waals surface area contributed by atoms with E-state index in [1.807, 2.05) is 24.9 Å². The van der Waals surface area contributed by atoms with Crippen LogP contribution in [0.1, 0.15) is 13.8 Å². The van der Waals surface area contributed by atoms with Gasteiger partial charge in [-0.1, -0.05) is 0 Å². The summed E-state index contributed by atoms with van der Waals surface area (Å²) in [6.45, 7) is 6.01. The second-order valence-electron chi connectivity index (χ2n) is 4.04. The Kier molecular flexibility index (Phi) is 3.24. The van der Waals surface area contributed by atoms with Gasteiger partial charge in [0.25, 0.3) is 0 Å². The lowest BCUT2D eigenvalue weighted by atomic mass is 10.4. The first-order valence-electron chi connectivity index (χ1n) is 5.49. The van der Waals surface area contributed by atoms with Gasteiger partial charge in [-0.05, 0) is 13.8 Å². The van der Waals surface area contributed by atoms with Crippen molar-refractivity contribution in [3.05, 3.63) is 31.1 Å². The van der Waals surface area contributed by atoms with Crippen molar-refractivity contribution in [1.29, 1.82) is 0 Å². The van der Waals surface area contributed by atoms with E-state index in [1.165, 1.54) is 0 Å². The molecule has 0 aliphatic rings. The molecule has 0 amide bonds. The zero-order valence-corrected chi connectivity index (χ0v) is 9.67. The first kappa shape index (κ1) is 10.7. The monoisotopic (exact) mass is 219 g/mol. The Bertz CT molecular complexity index is 415. The van der Waals surface area contributed by atoms with E-state index in [-0.39, 0.29) is 0 Å². The third-order valence-corrected chi connectivity index (χ3v) is 2.29. The zero-order chi connectivity index (χ0) is 11.4. The number of nitrogens with zero attached hydrogens (tertiary/aromatic N) is 4. The lowest BCUT2D eigenvalue weighted by Crippen LogP contribution is -2.16. The fourth-order valence-electron chi connectivity index (χ4n) is 1.53. The minimum Gasteiger partial charge on any atom is -0.353 e. The molecule has 0 aromatic carbocycles. The minimum absolute atomic E-state index is 0.398. The maximum absolute atomic E-state index is 4.28. The van der Waals surface area contributed by atoms with Crippen molar-refractivity contribution >= 4 is 5.95 Å². The van der Waals surface area contributed by atoms with Gasteiger partial charge in [-0.2, -0.15) is 0 Å². The summed E-state index contributed by atoms with van der Waals surface area (Å²) in [5.41, 5.74) is 0. The molecular formula is C11H17N5. The van der Waals surface area contributed by atoms with Crippen molar-refractivity contribution < 1.29 is 0 Å². The van der Waals surface area contributed by atoms with E-state index < -0.39 is 0 Å². The second kappa shape index (κ2) is 4.83. The van der Waals surface area contributed by atoms with E-state index in [9.17, 15) is 0 Å². The Morgan fingerprint density at radius 2 is 2.12 bits per heavy atom. The van der Waals surface area contributed by atoms with Gasteiger partial charge in [-0.25, -0.2) is 9.97 Å². The molecule has 1 N–H and O–H groups in total. The molecule has 0 saturated heterocycles. The molecule has 2 aromatic rings. The maximum atomic E-state index is 4.28. The molecule has 2 aromatic heterocycles. The number of hydrogen-bond donors (Lipinski definition) is 1. The van der Waals surface area contributed by atoms with Crippen LogP contribution in [0.4, 0.5) is 5.95 Å². The summed E-state index contributed by atoms with van der Waals surface area (Å²) in [6.07, 6.45) is 9.39. The molecule has 0 unspecified atom stereocenters. The largest absolute Gasteiger partial charge is 0.353 e. The molecule has 5 nitrogen and oxygen atoms in total. The van der Waals surface area contributed by atoms with Crippen molar-refractivity contribution in [2.45, 2.75) is 33.0 Å². The normalized spacial score (nSPS) is 10.9. The topological polar surface area (TPSA) is 47.7 Å². The highest BCUT2D eigenvalue weighted by atomic mass is 15.2. The third kappa shape index (κ3) is 2.62. The van der Waals surface area contributed by atoms with E-state index in [1.54, 1.807) is 6.20 Å². The number of rotatable bonds is 5. The zero-order valence-electron chi connectivity index (χ0n) is 9.67. The van der Waals surface area contributed by atoms with Crippen molar-refractivity contribution in [3.8, 4) is 0 Å². The average Bonchev–Trinajstić information content (AvgIpc) is 2.84. The van der Waals surface area contributed by atoms with Gasteiger partial charge in [0.15, 0.2) is 0 Å². The molecule has 0 spiro atoms. The molecule has 0 aliphatic heterocycles. The predicted molar refractivity (Wildman–Crippen MR) is 63.2 cm³/mol. The maximum Gasteiger partial charge on any atom is 0.203 e. The Balaban J connectivity index is 1.96. The standard InChI is InChI=1S/C11H17N5/c1-10(2)14-11-13-4-6-16(11)8-7-15-5-3-12-9-15/h3-6,9-10H,7-8H2,1-2H3,(H,13,14). The molecule has 0 saturated carbocycles. The highest BCUT2D eigenvalue weighted by Crippen LogP contribution is 2.06. The molecular weight excluding hydrogens is 202 g/mol. The van der Waals surface area contributed by atoms with Gasteiger partial charge < -0.3 is 14.5 Å². The van der Waals surface area contributed by atoms with Gasteiger partial charge >= 0.3 is 0 Å². The van der Waals surface area contributed by atoms with Crippen LogP contribution in [0.2, 0.25) is 0 Å². The smallest absolute Gasteiger partial charge is 0.203 e. The third-order valence-electron chi connectivity index (χ3n) is 2.29. The lowest BCUT2D eigenvalue weighted by Gasteiger charge is -2.12. The van der Waals surface area contributed by atoms with Crippen molar-refractivity contribution in [2.24, 2.45) is 0 Å². The molecule has 0 bridgehead atoms. The van der Waals surface area contributed by atoms with Crippen LogP contribution in [0.25, 0.3) is 0 Å². The fourth-order valence-corrected chi connectivity index (χ4v) is 1.53. The lowest BCUT2D eigenvalue weighted by molar-refractivity contribution is 0.579. The highest BCUT2D eigenvalue weighted by molar-refractivity contribution is 5.26. The van der Waals surface area contributed by atoms with Crippen molar-refractivity contribution in [3.63, 3.8) is 0 Å². The Hall–Kier alpha value is -1.78. The quantitative estimate of drug-likeness (QED) is 0.831. The summed E-state index contributed by atoms with van der Waals surface area (Å²) < 4.78 is 4.17. The molecule has 2 heterocycles. The van der Waals surface area contributed by atoms with E-state index in [0.29, 0.717) is 6.04 Å². The number of aromatic nitrogens is 4. The molecule has 16 heavy (non-hydrogen) atoms. The van der Waals surface area contributed by atoms with Crippen LogP contribution in [-0.2, 0) is 13.1 Å². The van der Waals surface area contributed by atoms with Gasteiger partial charge in [0.1, 0.15) is 0 Å². The molecule has 0 aliphatic carbocycles. The minimum atomic E-state index is 0.398. The molecule has 5 heteroatoms. The molecule has 0 atom stereocenters. The van der Waals surface area contributed by atoms with Crippen LogP contribution in [0.15, 0.2) is 31.1 Å². The van der Waals surface area contributed by atoms with E-state index in [2.05, 4.69) is 38.3 Å². The van der Waals surface area contributed by atoms with Gasteiger partial charge in [0.2, 0.25) is 5.95 Å². The summed E-state index contributed by atoms with van der Waals surface area (Å²) in [4.78, 5) is 8.30. The predicted octanol–water partition coefficient (Wildman–Crippen LogP) is 1.60. The van der Waals surface area contributed by atoms with E-state index >= 15 is 0 Å². The first-order chi connectivity index (χ1) is 7.75. The average molecular weight is 219 g/mol. The summed E-state index contributed by atoms with van der Waals surface area (Å²) in [5, 5.41) is 3.31. The number of hydrogen-bond acceptors (Lipinski definition) is 3. The first-order valence-corrected chi connectivity index (χ1v) is 5.49. The summed E-state index contributed by atoms with van der Waals surface area (Å²) in [6, 6.07) is 0.398. The number of imidazole rings is 2. The van der Waals surface area contributed by atoms with Gasteiger partial charge in [-0.3, -0.25) is 0 Å². The summed E-state index contributed by atoms with van der Waals surface area (Å²) >= 11 is 0. The van der Waals surface area contributed by atoms with Gasteiger partial charge in [0.05, 0.1) is 6.33 Å². The van der Waals surface area contributed by atoms with Crippen molar-refractivity contribution in [1.82, 2.24) is 19.1 Å².